The first kappa shape index (κ1) is 17.4. The molecule has 0 bridgehead atoms. The van der Waals surface area contributed by atoms with Gasteiger partial charge >= 0.3 is 0 Å². The van der Waals surface area contributed by atoms with Gasteiger partial charge in [0, 0.05) is 37.6 Å². The van der Waals surface area contributed by atoms with Crippen LogP contribution in [-0.2, 0) is 16.1 Å². The number of rotatable bonds is 5. The standard InChI is InChI=1S/C19H21N3O2S/c1-22(2)14-9-7-13(8-10-14)12-20-18(23)11-17-19(24)21-15-5-3-4-6-16(15)25-17/h3-10,17H,11-12H2,1-2H3,(H,20,23)(H,21,24)/t17-/m0/s1. The molecule has 1 atom stereocenters. The first-order valence-electron chi connectivity index (χ1n) is 8.12. The number of hydrogen-bond acceptors (Lipinski definition) is 4. The summed E-state index contributed by atoms with van der Waals surface area (Å²) in [5, 5.41) is 5.36. The molecule has 0 fully saturated rings. The number of thioether (sulfide) groups is 1. The lowest BCUT2D eigenvalue weighted by molar-refractivity contribution is -0.124. The third-order valence-electron chi connectivity index (χ3n) is 4.02. The van der Waals surface area contributed by atoms with Crippen LogP contribution in [0.4, 0.5) is 11.4 Å². The Hall–Kier alpha value is -2.47. The highest BCUT2D eigenvalue weighted by Crippen LogP contribution is 2.36. The molecule has 0 aliphatic carbocycles. The zero-order valence-corrected chi connectivity index (χ0v) is 15.1. The van der Waals surface area contributed by atoms with E-state index in [0.717, 1.165) is 21.8 Å². The van der Waals surface area contributed by atoms with Crippen LogP contribution in [0.15, 0.2) is 53.4 Å². The highest BCUT2D eigenvalue weighted by atomic mass is 32.2. The number of carbonyl (C=O) groups excluding carboxylic acids is 2. The van der Waals surface area contributed by atoms with Gasteiger partial charge in [-0.1, -0.05) is 24.3 Å². The van der Waals surface area contributed by atoms with Crippen molar-refractivity contribution in [2.45, 2.75) is 23.1 Å². The molecule has 25 heavy (non-hydrogen) atoms. The molecule has 0 spiro atoms. The topological polar surface area (TPSA) is 61.4 Å². The number of para-hydroxylation sites is 1. The van der Waals surface area contributed by atoms with E-state index < -0.39 is 5.25 Å². The van der Waals surface area contributed by atoms with E-state index in [4.69, 9.17) is 0 Å². The lowest BCUT2D eigenvalue weighted by Gasteiger charge is -2.23. The predicted octanol–water partition coefficient (Wildman–Crippen LogP) is 2.87. The second kappa shape index (κ2) is 7.61. The molecule has 1 aliphatic rings. The number of nitrogens with one attached hydrogen (secondary N) is 2. The molecule has 0 saturated carbocycles. The zero-order valence-electron chi connectivity index (χ0n) is 14.3. The Bertz CT molecular complexity index is 774. The van der Waals surface area contributed by atoms with E-state index in [9.17, 15) is 9.59 Å². The van der Waals surface area contributed by atoms with Crippen molar-refractivity contribution in [3.63, 3.8) is 0 Å². The molecule has 3 rings (SSSR count). The molecule has 1 aliphatic heterocycles. The summed E-state index contributed by atoms with van der Waals surface area (Å²) >= 11 is 1.44. The monoisotopic (exact) mass is 355 g/mol. The summed E-state index contributed by atoms with van der Waals surface area (Å²) in [4.78, 5) is 27.4. The van der Waals surface area contributed by atoms with Crippen LogP contribution in [0.2, 0.25) is 0 Å². The second-order valence-corrected chi connectivity index (χ2v) is 7.38. The highest BCUT2D eigenvalue weighted by molar-refractivity contribution is 8.01. The summed E-state index contributed by atoms with van der Waals surface area (Å²) in [7, 11) is 3.98. The number of fused-ring (bicyclic) bond motifs is 1. The van der Waals surface area contributed by atoms with E-state index in [-0.39, 0.29) is 18.2 Å². The predicted molar refractivity (Wildman–Crippen MR) is 102 cm³/mol. The van der Waals surface area contributed by atoms with E-state index in [1.54, 1.807) is 0 Å². The van der Waals surface area contributed by atoms with E-state index in [0.29, 0.717) is 6.54 Å². The van der Waals surface area contributed by atoms with Crippen LogP contribution >= 0.6 is 11.8 Å². The summed E-state index contributed by atoms with van der Waals surface area (Å²) < 4.78 is 0. The van der Waals surface area contributed by atoms with E-state index in [1.807, 2.05) is 67.5 Å². The van der Waals surface area contributed by atoms with Gasteiger partial charge in [-0.15, -0.1) is 11.8 Å². The minimum Gasteiger partial charge on any atom is -0.378 e. The molecule has 1 heterocycles. The third-order valence-corrected chi connectivity index (χ3v) is 5.29. The molecule has 2 N–H and O–H groups in total. The summed E-state index contributed by atoms with van der Waals surface area (Å²) in [5.74, 6) is -0.238. The Labute approximate surface area is 151 Å². The Balaban J connectivity index is 1.53. The van der Waals surface area contributed by atoms with E-state index in [2.05, 4.69) is 10.6 Å². The molecule has 0 radical (unpaired) electrons. The van der Waals surface area contributed by atoms with Crippen LogP contribution in [0.25, 0.3) is 0 Å². The molecule has 6 heteroatoms. The van der Waals surface area contributed by atoms with Crippen LogP contribution in [0.3, 0.4) is 0 Å². The van der Waals surface area contributed by atoms with Gasteiger partial charge in [0.05, 0.1) is 10.9 Å². The van der Waals surface area contributed by atoms with Gasteiger partial charge in [-0.3, -0.25) is 9.59 Å². The SMILES string of the molecule is CN(C)c1ccc(CNC(=O)C[C@@H]2Sc3ccccc3NC2=O)cc1. The van der Waals surface area contributed by atoms with Crippen LogP contribution < -0.4 is 15.5 Å². The Morgan fingerprint density at radius 3 is 2.60 bits per heavy atom. The summed E-state index contributed by atoms with van der Waals surface area (Å²) in [6.07, 6.45) is 0.167. The molecule has 2 aromatic rings. The Morgan fingerprint density at radius 2 is 1.88 bits per heavy atom. The van der Waals surface area contributed by atoms with Gasteiger partial charge < -0.3 is 15.5 Å². The van der Waals surface area contributed by atoms with Crippen LogP contribution in [0, 0.1) is 0 Å². The van der Waals surface area contributed by atoms with E-state index >= 15 is 0 Å². The Kier molecular flexibility index (Phi) is 5.28. The lowest BCUT2D eigenvalue weighted by Crippen LogP contribution is -2.34. The van der Waals surface area contributed by atoms with Crippen molar-refractivity contribution in [3.8, 4) is 0 Å². The summed E-state index contributed by atoms with van der Waals surface area (Å²) in [6.45, 7) is 0.460. The van der Waals surface area contributed by atoms with Crippen molar-refractivity contribution in [2.75, 3.05) is 24.3 Å². The van der Waals surface area contributed by atoms with Crippen LogP contribution in [0.5, 0.6) is 0 Å². The highest BCUT2D eigenvalue weighted by Gasteiger charge is 2.28. The summed E-state index contributed by atoms with van der Waals surface area (Å²) in [5.41, 5.74) is 2.96. The van der Waals surface area contributed by atoms with Gasteiger partial charge in [-0.2, -0.15) is 0 Å². The van der Waals surface area contributed by atoms with Gasteiger partial charge in [0.15, 0.2) is 0 Å². The van der Waals surface area contributed by atoms with Gasteiger partial charge in [0.2, 0.25) is 11.8 Å². The molecule has 0 aromatic heterocycles. The number of anilines is 2. The quantitative estimate of drug-likeness (QED) is 0.866. The first-order chi connectivity index (χ1) is 12.0. The lowest BCUT2D eigenvalue weighted by atomic mass is 10.2. The first-order valence-corrected chi connectivity index (χ1v) is 9.00. The maximum Gasteiger partial charge on any atom is 0.238 e. The molecule has 2 aromatic carbocycles. The third kappa shape index (κ3) is 4.33. The molecular weight excluding hydrogens is 334 g/mol. The number of amides is 2. The van der Waals surface area contributed by atoms with Crippen molar-refractivity contribution in [2.24, 2.45) is 0 Å². The van der Waals surface area contributed by atoms with Crippen molar-refractivity contribution >= 4 is 35.0 Å². The average molecular weight is 355 g/mol. The molecule has 2 amide bonds. The second-order valence-electron chi connectivity index (χ2n) is 6.13. The van der Waals surface area contributed by atoms with E-state index in [1.165, 1.54) is 11.8 Å². The fraction of sp³-hybridized carbons (Fsp3) is 0.263. The molecule has 0 saturated heterocycles. The number of carbonyl (C=O) groups is 2. The van der Waals surface area contributed by atoms with Gasteiger partial charge in [0.1, 0.15) is 0 Å². The van der Waals surface area contributed by atoms with Gasteiger partial charge in [-0.05, 0) is 29.8 Å². The Morgan fingerprint density at radius 1 is 1.16 bits per heavy atom. The number of hydrogen-bond donors (Lipinski definition) is 2. The largest absolute Gasteiger partial charge is 0.378 e. The van der Waals surface area contributed by atoms with Crippen LogP contribution in [0.1, 0.15) is 12.0 Å². The fourth-order valence-corrected chi connectivity index (χ4v) is 3.69. The van der Waals surface area contributed by atoms with Crippen molar-refractivity contribution in [1.29, 1.82) is 0 Å². The maximum atomic E-state index is 12.2. The average Bonchev–Trinajstić information content (AvgIpc) is 2.61. The minimum atomic E-state index is -0.397. The molecule has 0 unspecified atom stereocenters. The van der Waals surface area contributed by atoms with Crippen molar-refractivity contribution in [3.05, 3.63) is 54.1 Å². The number of nitrogens with zero attached hydrogens (tertiary/aromatic N) is 1. The maximum absolute atomic E-state index is 12.2. The number of benzene rings is 2. The molecular formula is C19H21N3O2S. The molecule has 5 nitrogen and oxygen atoms in total. The van der Waals surface area contributed by atoms with Gasteiger partial charge in [0.25, 0.3) is 0 Å². The molecule has 130 valence electrons. The van der Waals surface area contributed by atoms with Crippen molar-refractivity contribution in [1.82, 2.24) is 5.32 Å². The normalized spacial score (nSPS) is 15.9. The fourth-order valence-electron chi connectivity index (χ4n) is 2.58. The zero-order chi connectivity index (χ0) is 17.8. The minimum absolute atomic E-state index is 0.116. The summed E-state index contributed by atoms with van der Waals surface area (Å²) in [6, 6.07) is 15.7. The smallest absolute Gasteiger partial charge is 0.238 e. The van der Waals surface area contributed by atoms with Crippen LogP contribution in [-0.4, -0.2) is 31.2 Å². The van der Waals surface area contributed by atoms with Gasteiger partial charge in [-0.25, -0.2) is 0 Å². The van der Waals surface area contributed by atoms with Crippen molar-refractivity contribution < 1.29 is 9.59 Å².